The van der Waals surface area contributed by atoms with Gasteiger partial charge >= 0.3 is 0 Å². The van der Waals surface area contributed by atoms with E-state index in [1.165, 1.54) is 57.8 Å². The van der Waals surface area contributed by atoms with Crippen molar-refractivity contribution in [3.8, 4) is 0 Å². The molecule has 0 aromatic rings. The molecule has 0 saturated carbocycles. The highest BCUT2D eigenvalue weighted by Gasteiger charge is 2.08. The van der Waals surface area contributed by atoms with E-state index in [2.05, 4.69) is 13.8 Å². The predicted molar refractivity (Wildman–Crippen MR) is 128 cm³/mol. The van der Waals surface area contributed by atoms with Gasteiger partial charge in [0.05, 0.1) is 85.4 Å². The maximum absolute atomic E-state index is 8.57. The van der Waals surface area contributed by atoms with Crippen LogP contribution in [-0.2, 0) is 28.4 Å². The minimum atomic E-state index is 0.0424. The lowest BCUT2D eigenvalue weighted by Gasteiger charge is -2.18. The molecule has 7 nitrogen and oxygen atoms in total. The summed E-state index contributed by atoms with van der Waals surface area (Å²) >= 11 is 0. The lowest BCUT2D eigenvalue weighted by atomic mass is 10.0. The topological polar surface area (TPSA) is 75.6 Å². The third-order valence-electron chi connectivity index (χ3n) is 5.06. The maximum atomic E-state index is 8.57. The van der Waals surface area contributed by atoms with Gasteiger partial charge in [0.1, 0.15) is 0 Å². The smallest absolute Gasteiger partial charge is 0.0704 e. The molecule has 0 heterocycles. The summed E-state index contributed by atoms with van der Waals surface area (Å²) in [6, 6.07) is 0. The standard InChI is InChI=1S/C25H52O7/c1-3-5-7-8-9-10-12-25(11-6-4-2)32-24-23-31-22-21-30-20-19-29-18-17-28-16-15-27-14-13-26/h25-26H,3-24H2,1-2H3. The Morgan fingerprint density at radius 3 is 1.38 bits per heavy atom. The molecular formula is C25H52O7. The van der Waals surface area contributed by atoms with Crippen molar-refractivity contribution >= 4 is 0 Å². The number of rotatable bonds is 28. The van der Waals surface area contributed by atoms with E-state index in [4.69, 9.17) is 33.5 Å². The molecule has 0 saturated heterocycles. The van der Waals surface area contributed by atoms with Gasteiger partial charge in [-0.15, -0.1) is 0 Å². The monoisotopic (exact) mass is 464 g/mol. The molecule has 0 aliphatic heterocycles. The Labute approximate surface area is 197 Å². The summed E-state index contributed by atoms with van der Waals surface area (Å²) in [6.45, 7) is 10.5. The molecule has 0 aromatic carbocycles. The molecule has 7 heteroatoms. The summed E-state index contributed by atoms with van der Waals surface area (Å²) in [7, 11) is 0. The van der Waals surface area contributed by atoms with Gasteiger partial charge in [-0.3, -0.25) is 0 Å². The first-order chi connectivity index (χ1) is 15.8. The first kappa shape index (κ1) is 31.7. The summed E-state index contributed by atoms with van der Waals surface area (Å²) in [5.74, 6) is 0. The quantitative estimate of drug-likeness (QED) is 0.172. The van der Waals surface area contributed by atoms with Gasteiger partial charge in [0.15, 0.2) is 0 Å². The van der Waals surface area contributed by atoms with Gasteiger partial charge in [0, 0.05) is 0 Å². The number of aliphatic hydroxyl groups excluding tert-OH is 1. The zero-order chi connectivity index (χ0) is 23.4. The third-order valence-corrected chi connectivity index (χ3v) is 5.06. The van der Waals surface area contributed by atoms with Gasteiger partial charge in [-0.25, -0.2) is 0 Å². The Morgan fingerprint density at radius 1 is 0.469 bits per heavy atom. The summed E-state index contributed by atoms with van der Waals surface area (Å²) in [5, 5.41) is 8.57. The van der Waals surface area contributed by atoms with Crippen molar-refractivity contribution in [1.29, 1.82) is 0 Å². The Morgan fingerprint density at radius 2 is 0.875 bits per heavy atom. The molecule has 0 bridgehead atoms. The van der Waals surface area contributed by atoms with Gasteiger partial charge in [0.25, 0.3) is 0 Å². The molecule has 0 aliphatic carbocycles. The Kier molecular flexibility index (Phi) is 28.5. The Hall–Kier alpha value is -0.280. The average Bonchev–Trinajstić information content (AvgIpc) is 2.81. The zero-order valence-corrected chi connectivity index (χ0v) is 21.0. The summed E-state index contributed by atoms with van der Waals surface area (Å²) in [6.07, 6.45) is 13.2. The molecule has 194 valence electrons. The maximum Gasteiger partial charge on any atom is 0.0704 e. The Bertz CT molecular complexity index is 331. The molecule has 0 amide bonds. The number of ether oxygens (including phenoxy) is 6. The second kappa shape index (κ2) is 28.8. The van der Waals surface area contributed by atoms with Crippen LogP contribution in [0.25, 0.3) is 0 Å². The van der Waals surface area contributed by atoms with Gasteiger partial charge in [-0.1, -0.05) is 65.2 Å². The molecule has 32 heavy (non-hydrogen) atoms. The normalized spacial score (nSPS) is 12.5. The second-order valence-electron chi connectivity index (χ2n) is 7.98. The highest BCUT2D eigenvalue weighted by Crippen LogP contribution is 2.15. The van der Waals surface area contributed by atoms with E-state index in [0.717, 1.165) is 6.42 Å². The van der Waals surface area contributed by atoms with Gasteiger partial charge in [-0.05, 0) is 12.8 Å². The first-order valence-corrected chi connectivity index (χ1v) is 13.0. The fourth-order valence-corrected chi connectivity index (χ4v) is 3.22. The molecular weight excluding hydrogens is 412 g/mol. The SMILES string of the molecule is CCCCCCCCC(CCCC)OCCOCCOCCOCCOCCOCCO. The van der Waals surface area contributed by atoms with Crippen molar-refractivity contribution < 1.29 is 33.5 Å². The van der Waals surface area contributed by atoms with Crippen molar-refractivity contribution in [1.82, 2.24) is 0 Å². The van der Waals surface area contributed by atoms with E-state index in [0.29, 0.717) is 78.8 Å². The van der Waals surface area contributed by atoms with E-state index in [1.54, 1.807) is 0 Å². The number of hydrogen-bond acceptors (Lipinski definition) is 7. The minimum Gasteiger partial charge on any atom is -0.394 e. The largest absolute Gasteiger partial charge is 0.394 e. The van der Waals surface area contributed by atoms with Crippen LogP contribution in [0.1, 0.15) is 78.1 Å². The molecule has 1 atom stereocenters. The molecule has 1 unspecified atom stereocenters. The molecule has 0 radical (unpaired) electrons. The van der Waals surface area contributed by atoms with Crippen LogP contribution in [0.3, 0.4) is 0 Å². The number of aliphatic hydroxyl groups is 1. The van der Waals surface area contributed by atoms with Crippen molar-refractivity contribution in [3.05, 3.63) is 0 Å². The number of hydrogen-bond donors (Lipinski definition) is 1. The van der Waals surface area contributed by atoms with E-state index in [-0.39, 0.29) is 6.61 Å². The van der Waals surface area contributed by atoms with E-state index < -0.39 is 0 Å². The number of unbranched alkanes of at least 4 members (excludes halogenated alkanes) is 6. The summed E-state index contributed by atoms with van der Waals surface area (Å²) in [4.78, 5) is 0. The van der Waals surface area contributed by atoms with Gasteiger partial charge < -0.3 is 33.5 Å². The minimum absolute atomic E-state index is 0.0424. The van der Waals surface area contributed by atoms with Crippen LogP contribution in [0.4, 0.5) is 0 Å². The zero-order valence-electron chi connectivity index (χ0n) is 21.0. The Balaban J connectivity index is 3.38. The van der Waals surface area contributed by atoms with Crippen LogP contribution < -0.4 is 0 Å². The highest BCUT2D eigenvalue weighted by atomic mass is 16.6. The molecule has 0 rings (SSSR count). The molecule has 0 fully saturated rings. The van der Waals surface area contributed by atoms with Crippen LogP contribution in [0.2, 0.25) is 0 Å². The van der Waals surface area contributed by atoms with Crippen LogP contribution in [0, 0.1) is 0 Å². The summed E-state index contributed by atoms with van der Waals surface area (Å²) in [5.41, 5.74) is 0. The van der Waals surface area contributed by atoms with Crippen LogP contribution >= 0.6 is 0 Å². The van der Waals surface area contributed by atoms with Crippen LogP contribution in [0.5, 0.6) is 0 Å². The predicted octanol–water partition coefficient (Wildman–Crippen LogP) is 4.39. The van der Waals surface area contributed by atoms with Gasteiger partial charge in [-0.2, -0.15) is 0 Å². The van der Waals surface area contributed by atoms with E-state index >= 15 is 0 Å². The van der Waals surface area contributed by atoms with E-state index in [1.807, 2.05) is 0 Å². The van der Waals surface area contributed by atoms with Crippen molar-refractivity contribution in [3.63, 3.8) is 0 Å². The van der Waals surface area contributed by atoms with E-state index in [9.17, 15) is 0 Å². The second-order valence-corrected chi connectivity index (χ2v) is 7.98. The van der Waals surface area contributed by atoms with Crippen LogP contribution in [-0.4, -0.2) is 90.5 Å². The molecule has 0 aliphatic rings. The molecule has 0 aromatic heterocycles. The molecule has 1 N–H and O–H groups in total. The van der Waals surface area contributed by atoms with Crippen molar-refractivity contribution in [2.75, 3.05) is 79.3 Å². The average molecular weight is 465 g/mol. The lowest BCUT2D eigenvalue weighted by Crippen LogP contribution is -2.18. The molecule has 0 spiro atoms. The lowest BCUT2D eigenvalue weighted by molar-refractivity contribution is -0.0287. The van der Waals surface area contributed by atoms with Crippen molar-refractivity contribution in [2.45, 2.75) is 84.2 Å². The third kappa shape index (κ3) is 26.0. The fraction of sp³-hybridized carbons (Fsp3) is 1.00. The van der Waals surface area contributed by atoms with Gasteiger partial charge in [0.2, 0.25) is 0 Å². The van der Waals surface area contributed by atoms with Crippen molar-refractivity contribution in [2.24, 2.45) is 0 Å². The first-order valence-electron chi connectivity index (χ1n) is 13.0. The summed E-state index contributed by atoms with van der Waals surface area (Å²) < 4.78 is 33.1. The highest BCUT2D eigenvalue weighted by molar-refractivity contribution is 4.59. The fourth-order valence-electron chi connectivity index (χ4n) is 3.22. The van der Waals surface area contributed by atoms with Crippen LogP contribution in [0.15, 0.2) is 0 Å².